The van der Waals surface area contributed by atoms with Gasteiger partial charge < -0.3 is 5.32 Å². The van der Waals surface area contributed by atoms with Gasteiger partial charge in [-0.15, -0.1) is 0 Å². The summed E-state index contributed by atoms with van der Waals surface area (Å²) in [6.07, 6.45) is 4.35. The third-order valence-electron chi connectivity index (χ3n) is 3.88. The summed E-state index contributed by atoms with van der Waals surface area (Å²) in [6, 6.07) is 12.0. The number of benzene rings is 1. The molecule has 2 heterocycles. The molecule has 2 N–H and O–H groups in total. The zero-order chi connectivity index (χ0) is 16.9. The van der Waals surface area contributed by atoms with Crippen molar-refractivity contribution in [2.45, 2.75) is 26.3 Å². The number of hydrogen-bond donors (Lipinski definition) is 2. The second kappa shape index (κ2) is 7.08. The SMILES string of the molecule is C=c1ccccc1=C1C=NNC(=NC(C)Cc2ncccc2C)N1. The fourth-order valence-corrected chi connectivity index (χ4v) is 2.60. The van der Waals surface area contributed by atoms with Gasteiger partial charge in [0.25, 0.3) is 0 Å². The van der Waals surface area contributed by atoms with E-state index in [-0.39, 0.29) is 6.04 Å². The average Bonchev–Trinajstić information content (AvgIpc) is 2.57. The third kappa shape index (κ3) is 3.68. The normalized spacial score (nSPS) is 18.8. The lowest BCUT2D eigenvalue weighted by molar-refractivity contribution is 0.708. The number of aromatic nitrogens is 1. The molecule has 2 aromatic rings. The van der Waals surface area contributed by atoms with E-state index in [0.29, 0.717) is 5.96 Å². The number of hydrazone groups is 1. The van der Waals surface area contributed by atoms with E-state index in [1.165, 1.54) is 5.56 Å². The van der Waals surface area contributed by atoms with Gasteiger partial charge in [0.1, 0.15) is 0 Å². The molecule has 122 valence electrons. The predicted octanol–water partition coefficient (Wildman–Crippen LogP) is 1.07. The summed E-state index contributed by atoms with van der Waals surface area (Å²) in [6.45, 7) is 8.19. The first-order chi connectivity index (χ1) is 11.6. The molecule has 0 radical (unpaired) electrons. The highest BCUT2D eigenvalue weighted by atomic mass is 15.4. The first-order valence-electron chi connectivity index (χ1n) is 7.96. The molecule has 24 heavy (non-hydrogen) atoms. The van der Waals surface area contributed by atoms with Gasteiger partial charge in [0.2, 0.25) is 5.96 Å². The van der Waals surface area contributed by atoms with Crippen LogP contribution >= 0.6 is 0 Å². The van der Waals surface area contributed by atoms with Crippen LogP contribution in [0.5, 0.6) is 0 Å². The van der Waals surface area contributed by atoms with Gasteiger partial charge in [-0.3, -0.25) is 4.98 Å². The zero-order valence-electron chi connectivity index (χ0n) is 14.0. The van der Waals surface area contributed by atoms with Gasteiger partial charge in [0, 0.05) is 23.5 Å². The second-order valence-electron chi connectivity index (χ2n) is 5.86. The molecule has 1 aliphatic heterocycles. The number of nitrogens with one attached hydrogen (secondary N) is 2. The van der Waals surface area contributed by atoms with Crippen LogP contribution in [0.25, 0.3) is 12.3 Å². The van der Waals surface area contributed by atoms with Crippen LogP contribution in [-0.4, -0.2) is 23.2 Å². The topological polar surface area (TPSA) is 61.7 Å². The Morgan fingerprint density at radius 3 is 2.83 bits per heavy atom. The minimum atomic E-state index is 0.0816. The van der Waals surface area contributed by atoms with Crippen molar-refractivity contribution in [2.75, 3.05) is 0 Å². The van der Waals surface area contributed by atoms with E-state index < -0.39 is 0 Å². The molecule has 0 amide bonds. The molecule has 5 heteroatoms. The molecular weight excluding hydrogens is 298 g/mol. The van der Waals surface area contributed by atoms with E-state index in [9.17, 15) is 0 Å². The maximum absolute atomic E-state index is 4.68. The van der Waals surface area contributed by atoms with Crippen molar-refractivity contribution in [3.05, 3.63) is 64.3 Å². The summed E-state index contributed by atoms with van der Waals surface area (Å²) in [7, 11) is 0. The molecule has 0 fully saturated rings. The molecule has 1 aromatic heterocycles. The van der Waals surface area contributed by atoms with Gasteiger partial charge in [-0.25, -0.2) is 10.4 Å². The molecule has 1 aromatic carbocycles. The molecule has 1 aliphatic rings. The molecule has 1 unspecified atom stereocenters. The summed E-state index contributed by atoms with van der Waals surface area (Å²) in [4.78, 5) is 9.11. The lowest BCUT2D eigenvalue weighted by atomic mass is 10.1. The highest BCUT2D eigenvalue weighted by Gasteiger charge is 2.11. The maximum atomic E-state index is 4.68. The van der Waals surface area contributed by atoms with Crippen LogP contribution in [0.3, 0.4) is 0 Å². The smallest absolute Gasteiger partial charge is 0.216 e. The van der Waals surface area contributed by atoms with Gasteiger partial charge in [-0.1, -0.05) is 36.9 Å². The molecular formula is C19H21N5. The summed E-state index contributed by atoms with van der Waals surface area (Å²) >= 11 is 0. The van der Waals surface area contributed by atoms with Crippen LogP contribution in [0.2, 0.25) is 0 Å². The van der Waals surface area contributed by atoms with Crippen LogP contribution in [0.15, 0.2) is 52.7 Å². The molecule has 0 saturated heterocycles. The number of guanidine groups is 1. The highest BCUT2D eigenvalue weighted by molar-refractivity contribution is 6.09. The Hall–Kier alpha value is -2.95. The molecule has 1 atom stereocenters. The van der Waals surface area contributed by atoms with E-state index in [0.717, 1.165) is 28.2 Å². The number of pyridine rings is 1. The molecule has 0 spiro atoms. The highest BCUT2D eigenvalue weighted by Crippen LogP contribution is 2.08. The Morgan fingerprint density at radius 1 is 1.21 bits per heavy atom. The number of rotatable bonds is 3. The predicted molar refractivity (Wildman–Crippen MR) is 99.0 cm³/mol. The Morgan fingerprint density at radius 2 is 2.04 bits per heavy atom. The van der Waals surface area contributed by atoms with Crippen LogP contribution in [-0.2, 0) is 6.42 Å². The number of hydrogen-bond acceptors (Lipinski definition) is 3. The summed E-state index contributed by atoms with van der Waals surface area (Å²) in [5, 5.41) is 9.44. The Kier molecular flexibility index (Phi) is 4.70. The standard InChI is InChI=1S/C19H21N5/c1-13-7-4-5-9-16(13)18-12-21-24-19(23-18)22-15(3)11-17-14(2)8-6-10-20-17/h4-10,12,15H,1,11H2,2-3H3,(H2,22,23,24). The molecule has 0 saturated carbocycles. The first-order valence-corrected chi connectivity index (χ1v) is 7.96. The zero-order valence-corrected chi connectivity index (χ0v) is 14.0. The van der Waals surface area contributed by atoms with Crippen molar-refractivity contribution in [3.63, 3.8) is 0 Å². The van der Waals surface area contributed by atoms with Gasteiger partial charge in [-0.05, 0) is 30.7 Å². The van der Waals surface area contributed by atoms with E-state index in [4.69, 9.17) is 0 Å². The summed E-state index contributed by atoms with van der Waals surface area (Å²) in [5.74, 6) is 0.636. The lowest BCUT2D eigenvalue weighted by Gasteiger charge is -2.17. The number of aliphatic imine (C=N–C) groups is 1. The number of aryl methyl sites for hydroxylation is 1. The van der Waals surface area contributed by atoms with Crippen LogP contribution in [0, 0.1) is 6.92 Å². The monoisotopic (exact) mass is 319 g/mol. The first kappa shape index (κ1) is 15.9. The average molecular weight is 319 g/mol. The summed E-state index contributed by atoms with van der Waals surface area (Å²) in [5.41, 5.74) is 6.06. The van der Waals surface area contributed by atoms with Gasteiger partial charge in [0.15, 0.2) is 0 Å². The quantitative estimate of drug-likeness (QED) is 0.890. The molecule has 5 nitrogen and oxygen atoms in total. The molecule has 0 bridgehead atoms. The minimum Gasteiger partial charge on any atom is -0.323 e. The summed E-state index contributed by atoms with van der Waals surface area (Å²) < 4.78 is 0. The van der Waals surface area contributed by atoms with Crippen molar-refractivity contribution in [1.82, 2.24) is 15.7 Å². The largest absolute Gasteiger partial charge is 0.323 e. The Bertz CT molecular complexity index is 898. The van der Waals surface area contributed by atoms with E-state index >= 15 is 0 Å². The second-order valence-corrected chi connectivity index (χ2v) is 5.86. The fraction of sp³-hybridized carbons (Fsp3) is 0.211. The minimum absolute atomic E-state index is 0.0816. The fourth-order valence-electron chi connectivity index (χ4n) is 2.60. The van der Waals surface area contributed by atoms with E-state index in [2.05, 4.69) is 52.3 Å². The lowest BCUT2D eigenvalue weighted by Crippen LogP contribution is -2.43. The van der Waals surface area contributed by atoms with Crippen LogP contribution in [0.4, 0.5) is 0 Å². The maximum Gasteiger partial charge on any atom is 0.216 e. The van der Waals surface area contributed by atoms with Crippen molar-refractivity contribution >= 4 is 24.5 Å². The van der Waals surface area contributed by atoms with Gasteiger partial charge in [0.05, 0.1) is 18.0 Å². The van der Waals surface area contributed by atoms with Gasteiger partial charge >= 0.3 is 0 Å². The van der Waals surface area contributed by atoms with Crippen LogP contribution in [0.1, 0.15) is 18.2 Å². The van der Waals surface area contributed by atoms with Crippen LogP contribution < -0.4 is 21.2 Å². The van der Waals surface area contributed by atoms with Crippen molar-refractivity contribution in [2.24, 2.45) is 10.1 Å². The van der Waals surface area contributed by atoms with Crippen molar-refractivity contribution in [1.29, 1.82) is 0 Å². The molecule has 3 rings (SSSR count). The third-order valence-corrected chi connectivity index (χ3v) is 3.88. The van der Waals surface area contributed by atoms with E-state index in [1.807, 2.05) is 36.5 Å². The van der Waals surface area contributed by atoms with Gasteiger partial charge in [-0.2, -0.15) is 5.10 Å². The Balaban J connectivity index is 1.81. The Labute approximate surface area is 141 Å². The van der Waals surface area contributed by atoms with E-state index in [1.54, 1.807) is 6.21 Å². The number of nitrogens with zero attached hydrogens (tertiary/aromatic N) is 3. The molecule has 0 aliphatic carbocycles. The van der Waals surface area contributed by atoms with Crippen molar-refractivity contribution < 1.29 is 0 Å². The van der Waals surface area contributed by atoms with Crippen molar-refractivity contribution in [3.8, 4) is 0 Å².